The van der Waals surface area contributed by atoms with Crippen LogP contribution in [0.3, 0.4) is 0 Å². The minimum absolute atomic E-state index is 0.582. The summed E-state index contributed by atoms with van der Waals surface area (Å²) in [6, 6.07) is 14.0. The van der Waals surface area contributed by atoms with Gasteiger partial charge in [-0.05, 0) is 82.5 Å². The zero-order valence-corrected chi connectivity index (χ0v) is 18.8. The van der Waals surface area contributed by atoms with Gasteiger partial charge in [0.25, 0.3) is 0 Å². The number of anilines is 1. The van der Waals surface area contributed by atoms with Crippen LogP contribution in [0, 0.1) is 41.5 Å². The molecule has 3 rings (SSSR count). The van der Waals surface area contributed by atoms with E-state index in [1.165, 1.54) is 11.1 Å². The number of aromatic nitrogens is 1. The summed E-state index contributed by atoms with van der Waals surface area (Å²) < 4.78 is 2.16. The van der Waals surface area contributed by atoms with Gasteiger partial charge in [-0.15, -0.1) is 0 Å². The number of hydrogen-bond acceptors (Lipinski definition) is 3. The van der Waals surface area contributed by atoms with Gasteiger partial charge in [-0.2, -0.15) is 5.10 Å². The maximum atomic E-state index is 12.2. The third-order valence-electron chi connectivity index (χ3n) is 5.12. The smallest absolute Gasteiger partial charge is 0.318 e. The van der Waals surface area contributed by atoms with E-state index in [1.54, 1.807) is 6.21 Å². The average molecular weight is 417 g/mol. The van der Waals surface area contributed by atoms with Crippen molar-refractivity contribution in [3.63, 3.8) is 0 Å². The maximum Gasteiger partial charge on any atom is 0.329 e. The molecule has 0 saturated carbocycles. The Balaban J connectivity index is 1.71. The molecule has 160 valence electrons. The Morgan fingerprint density at radius 2 is 1.52 bits per heavy atom. The minimum Gasteiger partial charge on any atom is -0.318 e. The standard InChI is InChI=1S/C25H28N4O2/c1-15-7-8-23(18(4)10-15)29-19(5)13-21(20(29)6)14-26-28-25(31)24(30)27-22-11-16(2)9-17(3)12-22/h7-14H,1-6H3,(H,27,30)(H,28,31)/b26-14-. The van der Waals surface area contributed by atoms with Crippen molar-refractivity contribution in [3.05, 3.63) is 81.7 Å². The Morgan fingerprint density at radius 1 is 0.839 bits per heavy atom. The zero-order valence-electron chi connectivity index (χ0n) is 18.8. The van der Waals surface area contributed by atoms with Crippen LogP contribution in [-0.2, 0) is 9.59 Å². The molecule has 1 heterocycles. The first-order valence-electron chi connectivity index (χ1n) is 10.1. The van der Waals surface area contributed by atoms with Crippen LogP contribution in [0.1, 0.15) is 39.2 Å². The first-order chi connectivity index (χ1) is 14.7. The lowest BCUT2D eigenvalue weighted by Crippen LogP contribution is -2.32. The van der Waals surface area contributed by atoms with Crippen molar-refractivity contribution in [1.82, 2.24) is 9.99 Å². The fourth-order valence-electron chi connectivity index (χ4n) is 3.79. The molecular formula is C25H28N4O2. The Hall–Kier alpha value is -3.67. The van der Waals surface area contributed by atoms with Crippen LogP contribution in [0.5, 0.6) is 0 Å². The fraction of sp³-hybridized carbons (Fsp3) is 0.240. The Kier molecular flexibility index (Phi) is 6.39. The first kappa shape index (κ1) is 22.0. The van der Waals surface area contributed by atoms with Crippen molar-refractivity contribution in [2.24, 2.45) is 5.10 Å². The van der Waals surface area contributed by atoms with Crippen molar-refractivity contribution in [3.8, 4) is 5.69 Å². The van der Waals surface area contributed by atoms with Gasteiger partial charge in [0.05, 0.1) is 6.21 Å². The van der Waals surface area contributed by atoms with Crippen LogP contribution in [0.25, 0.3) is 5.69 Å². The van der Waals surface area contributed by atoms with Gasteiger partial charge in [0.15, 0.2) is 0 Å². The van der Waals surface area contributed by atoms with Gasteiger partial charge in [0.1, 0.15) is 0 Å². The Labute approximate surface area is 183 Å². The molecule has 31 heavy (non-hydrogen) atoms. The summed E-state index contributed by atoms with van der Waals surface area (Å²) in [5.74, 6) is -1.58. The SMILES string of the molecule is Cc1cc(C)cc(NC(=O)C(=O)N/N=C\c2cc(C)n(-c3ccc(C)cc3C)c2C)c1. The van der Waals surface area contributed by atoms with Crippen LogP contribution < -0.4 is 10.7 Å². The van der Waals surface area contributed by atoms with Gasteiger partial charge in [-0.25, -0.2) is 5.43 Å². The van der Waals surface area contributed by atoms with E-state index in [1.807, 2.05) is 52.0 Å². The third-order valence-corrected chi connectivity index (χ3v) is 5.12. The van der Waals surface area contributed by atoms with Crippen molar-refractivity contribution in [2.75, 3.05) is 5.32 Å². The van der Waals surface area contributed by atoms with Crippen LogP contribution in [-0.4, -0.2) is 22.6 Å². The molecule has 2 N–H and O–H groups in total. The molecule has 2 amide bonds. The normalized spacial score (nSPS) is 11.0. The first-order valence-corrected chi connectivity index (χ1v) is 10.1. The number of benzene rings is 2. The van der Waals surface area contributed by atoms with E-state index in [0.29, 0.717) is 5.69 Å². The van der Waals surface area contributed by atoms with E-state index in [-0.39, 0.29) is 0 Å². The number of rotatable bonds is 4. The minimum atomic E-state index is -0.821. The van der Waals surface area contributed by atoms with Crippen LogP contribution in [0.4, 0.5) is 5.69 Å². The molecule has 0 aliphatic rings. The molecule has 0 spiro atoms. The van der Waals surface area contributed by atoms with E-state index in [4.69, 9.17) is 0 Å². The van der Waals surface area contributed by atoms with Crippen LogP contribution >= 0.6 is 0 Å². The summed E-state index contributed by atoms with van der Waals surface area (Å²) in [5.41, 5.74) is 11.3. The lowest BCUT2D eigenvalue weighted by Gasteiger charge is -2.13. The molecule has 0 atom stereocenters. The Bertz CT molecular complexity index is 1170. The molecular weight excluding hydrogens is 388 g/mol. The number of carbonyl (C=O) groups excluding carboxylic acids is 2. The summed E-state index contributed by atoms with van der Waals surface area (Å²) in [6.07, 6.45) is 1.56. The molecule has 0 aliphatic carbocycles. The summed E-state index contributed by atoms with van der Waals surface area (Å²) in [4.78, 5) is 24.3. The van der Waals surface area contributed by atoms with Gasteiger partial charge >= 0.3 is 11.8 Å². The highest BCUT2D eigenvalue weighted by Crippen LogP contribution is 2.23. The molecule has 0 bridgehead atoms. The van der Waals surface area contributed by atoms with Crippen molar-refractivity contribution < 1.29 is 9.59 Å². The lowest BCUT2D eigenvalue weighted by molar-refractivity contribution is -0.136. The summed E-state index contributed by atoms with van der Waals surface area (Å²) in [6.45, 7) is 12.1. The monoisotopic (exact) mass is 416 g/mol. The number of amides is 2. The van der Waals surface area contributed by atoms with Crippen molar-refractivity contribution in [2.45, 2.75) is 41.5 Å². The molecule has 2 aromatic carbocycles. The molecule has 3 aromatic rings. The molecule has 0 radical (unpaired) electrons. The molecule has 1 aromatic heterocycles. The third kappa shape index (κ3) is 5.09. The number of carbonyl (C=O) groups is 2. The topological polar surface area (TPSA) is 75.5 Å². The largest absolute Gasteiger partial charge is 0.329 e. The van der Waals surface area contributed by atoms with Crippen LogP contribution in [0.15, 0.2) is 47.6 Å². The molecule has 0 unspecified atom stereocenters. The summed E-state index contributed by atoms with van der Waals surface area (Å²) in [5, 5.41) is 6.59. The zero-order chi connectivity index (χ0) is 22.7. The number of hydrogen-bond donors (Lipinski definition) is 2. The molecule has 6 heteroatoms. The van der Waals surface area contributed by atoms with E-state index >= 15 is 0 Å². The number of nitrogens with one attached hydrogen (secondary N) is 2. The average Bonchev–Trinajstić information content (AvgIpc) is 2.94. The highest BCUT2D eigenvalue weighted by molar-refractivity contribution is 6.39. The van der Waals surface area contributed by atoms with Crippen molar-refractivity contribution in [1.29, 1.82) is 0 Å². The van der Waals surface area contributed by atoms with Gasteiger partial charge in [-0.1, -0.05) is 23.8 Å². The number of nitrogens with zero attached hydrogens (tertiary/aromatic N) is 2. The van der Waals surface area contributed by atoms with Gasteiger partial charge in [-0.3, -0.25) is 9.59 Å². The maximum absolute atomic E-state index is 12.2. The summed E-state index contributed by atoms with van der Waals surface area (Å²) >= 11 is 0. The summed E-state index contributed by atoms with van der Waals surface area (Å²) in [7, 11) is 0. The van der Waals surface area contributed by atoms with E-state index in [0.717, 1.165) is 33.8 Å². The van der Waals surface area contributed by atoms with E-state index < -0.39 is 11.8 Å². The number of hydrazone groups is 1. The van der Waals surface area contributed by atoms with Crippen LogP contribution in [0.2, 0.25) is 0 Å². The van der Waals surface area contributed by atoms with E-state index in [2.05, 4.69) is 52.5 Å². The van der Waals surface area contributed by atoms with Crippen molar-refractivity contribution >= 4 is 23.7 Å². The molecule has 0 saturated heterocycles. The second kappa shape index (κ2) is 9.00. The van der Waals surface area contributed by atoms with Gasteiger partial charge in [0, 0.05) is 28.3 Å². The predicted octanol–water partition coefficient (Wildman–Crippen LogP) is 4.42. The Morgan fingerprint density at radius 3 is 2.16 bits per heavy atom. The second-order valence-electron chi connectivity index (χ2n) is 7.98. The molecule has 6 nitrogen and oxygen atoms in total. The van der Waals surface area contributed by atoms with Gasteiger partial charge < -0.3 is 9.88 Å². The number of aryl methyl sites for hydroxylation is 5. The fourth-order valence-corrected chi connectivity index (χ4v) is 3.79. The second-order valence-corrected chi connectivity index (χ2v) is 7.98. The lowest BCUT2D eigenvalue weighted by atomic mass is 10.1. The molecule has 0 fully saturated rings. The van der Waals surface area contributed by atoms with Gasteiger partial charge in [0.2, 0.25) is 0 Å². The highest BCUT2D eigenvalue weighted by Gasteiger charge is 2.14. The molecule has 0 aliphatic heterocycles. The predicted molar refractivity (Wildman–Crippen MR) is 125 cm³/mol. The quantitative estimate of drug-likeness (QED) is 0.375. The highest BCUT2D eigenvalue weighted by atomic mass is 16.2. The van der Waals surface area contributed by atoms with E-state index in [9.17, 15) is 9.59 Å².